The van der Waals surface area contributed by atoms with Crippen molar-refractivity contribution in [2.75, 3.05) is 12.4 Å². The summed E-state index contributed by atoms with van der Waals surface area (Å²) < 4.78 is 5.16. The van der Waals surface area contributed by atoms with E-state index in [4.69, 9.17) is 21.4 Å². The van der Waals surface area contributed by atoms with Gasteiger partial charge < -0.3 is 9.84 Å². The van der Waals surface area contributed by atoms with Gasteiger partial charge >= 0.3 is 5.97 Å². The van der Waals surface area contributed by atoms with E-state index in [1.165, 1.54) is 0 Å². The van der Waals surface area contributed by atoms with Gasteiger partial charge in [-0.1, -0.05) is 66.2 Å². The fraction of sp³-hybridized carbons (Fsp3) is 0.0870. The third-order valence-electron chi connectivity index (χ3n) is 3.97. The second-order valence-electron chi connectivity index (χ2n) is 5.93. The molecule has 0 saturated carbocycles. The first-order valence-electron chi connectivity index (χ1n) is 8.71. The minimum atomic E-state index is -0.989. The van der Waals surface area contributed by atoms with Gasteiger partial charge in [-0.05, 0) is 41.5 Å². The van der Waals surface area contributed by atoms with Crippen molar-refractivity contribution in [1.29, 1.82) is 0 Å². The summed E-state index contributed by atoms with van der Waals surface area (Å²) in [7, 11) is 0. The fourth-order valence-corrected chi connectivity index (χ4v) is 3.69. The van der Waals surface area contributed by atoms with E-state index >= 15 is 0 Å². The topological polar surface area (TPSA) is 46.5 Å². The number of ether oxygens (including phenoxy) is 1. The van der Waals surface area contributed by atoms with Crippen LogP contribution in [0, 0.1) is 0 Å². The summed E-state index contributed by atoms with van der Waals surface area (Å²) in [5.41, 5.74) is 3.22. The molecule has 28 heavy (non-hydrogen) atoms. The van der Waals surface area contributed by atoms with Gasteiger partial charge in [-0.25, -0.2) is 4.79 Å². The second kappa shape index (κ2) is 10.0. The molecule has 3 rings (SSSR count). The van der Waals surface area contributed by atoms with Crippen molar-refractivity contribution in [3.05, 3.63) is 101 Å². The second-order valence-corrected chi connectivity index (χ2v) is 7.43. The molecule has 5 heteroatoms. The number of carboxylic acids is 1. The minimum absolute atomic E-state index is 0.340. The number of benzene rings is 3. The van der Waals surface area contributed by atoms with Gasteiger partial charge in [-0.2, -0.15) is 0 Å². The minimum Gasteiger partial charge on any atom is -0.482 e. The van der Waals surface area contributed by atoms with E-state index in [2.05, 4.69) is 18.2 Å². The molecule has 0 fully saturated rings. The molecular weight excluding hydrogens is 392 g/mol. The Bertz CT molecular complexity index is 953. The number of hydrogen-bond donors (Lipinski definition) is 1. The van der Waals surface area contributed by atoms with Gasteiger partial charge in [-0.15, -0.1) is 11.8 Å². The molecule has 0 atom stereocenters. The van der Waals surface area contributed by atoms with Crippen LogP contribution < -0.4 is 4.74 Å². The zero-order valence-corrected chi connectivity index (χ0v) is 16.6. The normalized spacial score (nSPS) is 11.2. The average Bonchev–Trinajstić information content (AvgIpc) is 2.72. The van der Waals surface area contributed by atoms with Gasteiger partial charge in [0.25, 0.3) is 0 Å². The molecule has 0 amide bonds. The number of rotatable bonds is 8. The lowest BCUT2D eigenvalue weighted by molar-refractivity contribution is -0.139. The Kier molecular flexibility index (Phi) is 7.18. The monoisotopic (exact) mass is 410 g/mol. The van der Waals surface area contributed by atoms with Crippen LogP contribution in [0.25, 0.3) is 5.57 Å². The molecule has 1 N–H and O–H groups in total. The first-order valence-corrected chi connectivity index (χ1v) is 10.1. The molecule has 142 valence electrons. The van der Waals surface area contributed by atoms with Gasteiger partial charge in [-0.3, -0.25) is 0 Å². The summed E-state index contributed by atoms with van der Waals surface area (Å²) in [4.78, 5) is 11.6. The zero-order valence-electron chi connectivity index (χ0n) is 15.0. The molecule has 0 spiro atoms. The Balaban J connectivity index is 1.74. The van der Waals surface area contributed by atoms with E-state index in [-0.39, 0.29) is 6.61 Å². The molecule has 0 aliphatic heterocycles. The van der Waals surface area contributed by atoms with Crippen molar-refractivity contribution in [2.45, 2.75) is 4.90 Å². The van der Waals surface area contributed by atoms with Crippen molar-refractivity contribution >= 4 is 34.9 Å². The number of aliphatic carboxylic acids is 1. The Morgan fingerprint density at radius 3 is 2.32 bits per heavy atom. The molecule has 0 radical (unpaired) electrons. The van der Waals surface area contributed by atoms with Crippen LogP contribution in [-0.2, 0) is 4.79 Å². The Morgan fingerprint density at radius 1 is 0.964 bits per heavy atom. The molecule has 0 saturated heterocycles. The number of carbonyl (C=O) groups is 1. The maximum atomic E-state index is 10.6. The smallest absolute Gasteiger partial charge is 0.341 e. The van der Waals surface area contributed by atoms with Crippen LogP contribution in [0.4, 0.5) is 0 Å². The van der Waals surface area contributed by atoms with Gasteiger partial charge in [0.1, 0.15) is 5.75 Å². The van der Waals surface area contributed by atoms with Gasteiger partial charge in [0.05, 0.1) is 0 Å². The maximum absolute atomic E-state index is 10.6. The standard InChI is InChI=1S/C23H19ClO3S/c24-22-9-5-4-8-21(22)20(17-6-2-1-3-7-17)14-15-28-19-12-10-18(11-13-19)27-16-23(25)26/h1-14H,15-16H2,(H,25,26)/b20-14-. The molecule has 0 heterocycles. The highest BCUT2D eigenvalue weighted by Gasteiger charge is 2.08. The molecule has 0 aliphatic rings. The molecule has 3 aromatic carbocycles. The molecule has 3 nitrogen and oxygen atoms in total. The van der Waals surface area contributed by atoms with Gasteiger partial charge in [0.15, 0.2) is 6.61 Å². The average molecular weight is 411 g/mol. The summed E-state index contributed by atoms with van der Waals surface area (Å²) in [6.45, 7) is -0.340. The molecule has 3 aromatic rings. The van der Waals surface area contributed by atoms with Crippen LogP contribution in [0.15, 0.2) is 89.8 Å². The number of thioether (sulfide) groups is 1. The van der Waals surface area contributed by atoms with Crippen LogP contribution in [0.1, 0.15) is 11.1 Å². The van der Waals surface area contributed by atoms with E-state index in [9.17, 15) is 4.79 Å². The number of carboxylic acid groups (broad SMARTS) is 1. The van der Waals surface area contributed by atoms with Crippen LogP contribution >= 0.6 is 23.4 Å². The quantitative estimate of drug-likeness (QED) is 0.461. The lowest BCUT2D eigenvalue weighted by Crippen LogP contribution is -2.09. The van der Waals surface area contributed by atoms with E-state index in [0.717, 1.165) is 32.4 Å². The molecule has 0 unspecified atom stereocenters. The van der Waals surface area contributed by atoms with E-state index in [1.54, 1.807) is 23.9 Å². The summed E-state index contributed by atoms with van der Waals surface area (Å²) in [5, 5.41) is 9.38. The highest BCUT2D eigenvalue weighted by Crippen LogP contribution is 2.30. The predicted octanol–water partition coefficient (Wildman–Crippen LogP) is 6.03. The van der Waals surface area contributed by atoms with Crippen molar-refractivity contribution in [3.8, 4) is 5.75 Å². The molecule has 0 bridgehead atoms. The zero-order chi connectivity index (χ0) is 19.8. The van der Waals surface area contributed by atoms with Crippen LogP contribution in [-0.4, -0.2) is 23.4 Å². The highest BCUT2D eigenvalue weighted by molar-refractivity contribution is 7.99. The molecule has 0 aromatic heterocycles. The Labute approximate surface area is 173 Å². The Hall–Kier alpha value is -2.69. The number of hydrogen-bond acceptors (Lipinski definition) is 3. The maximum Gasteiger partial charge on any atom is 0.341 e. The van der Waals surface area contributed by atoms with E-state index in [1.807, 2.05) is 54.6 Å². The fourth-order valence-electron chi connectivity index (χ4n) is 2.68. The summed E-state index contributed by atoms with van der Waals surface area (Å²) in [5.74, 6) is 0.324. The summed E-state index contributed by atoms with van der Waals surface area (Å²) in [6, 6.07) is 25.4. The predicted molar refractivity (Wildman–Crippen MR) is 115 cm³/mol. The highest BCUT2D eigenvalue weighted by atomic mass is 35.5. The molecular formula is C23H19ClO3S. The Morgan fingerprint density at radius 2 is 1.64 bits per heavy atom. The van der Waals surface area contributed by atoms with E-state index < -0.39 is 5.97 Å². The van der Waals surface area contributed by atoms with Crippen molar-refractivity contribution < 1.29 is 14.6 Å². The van der Waals surface area contributed by atoms with Crippen molar-refractivity contribution in [3.63, 3.8) is 0 Å². The van der Waals surface area contributed by atoms with Crippen LogP contribution in [0.5, 0.6) is 5.75 Å². The summed E-state index contributed by atoms with van der Waals surface area (Å²) >= 11 is 8.12. The van der Waals surface area contributed by atoms with Crippen LogP contribution in [0.3, 0.4) is 0 Å². The van der Waals surface area contributed by atoms with E-state index in [0.29, 0.717) is 5.75 Å². The third-order valence-corrected chi connectivity index (χ3v) is 5.24. The first kappa shape index (κ1) is 20.1. The SMILES string of the molecule is O=C(O)COc1ccc(SC/C=C(/c2ccccc2)c2ccccc2Cl)cc1. The van der Waals surface area contributed by atoms with Gasteiger partial charge in [0.2, 0.25) is 0 Å². The van der Waals surface area contributed by atoms with Crippen LogP contribution in [0.2, 0.25) is 5.02 Å². The lowest BCUT2D eigenvalue weighted by atomic mass is 9.98. The van der Waals surface area contributed by atoms with Crippen molar-refractivity contribution in [2.24, 2.45) is 0 Å². The third kappa shape index (κ3) is 5.65. The molecule has 0 aliphatic carbocycles. The summed E-state index contributed by atoms with van der Waals surface area (Å²) in [6.07, 6.45) is 2.18. The first-order chi connectivity index (χ1) is 13.6. The number of halogens is 1. The largest absolute Gasteiger partial charge is 0.482 e. The van der Waals surface area contributed by atoms with Crippen molar-refractivity contribution in [1.82, 2.24) is 0 Å². The lowest BCUT2D eigenvalue weighted by Gasteiger charge is -2.11. The van der Waals surface area contributed by atoms with Gasteiger partial charge in [0, 0.05) is 21.2 Å².